The molecule has 1 aromatic rings. The number of amides is 1. The van der Waals surface area contributed by atoms with E-state index in [2.05, 4.69) is 21.2 Å². The molecule has 1 aliphatic carbocycles. The van der Waals surface area contributed by atoms with Crippen LogP contribution in [0.25, 0.3) is 0 Å². The molecule has 1 amide bonds. The standard InChI is InChI=1S/C14H19BrN2O.ClH/c1-10-5-6-11(9-12(10)15)17-13(18)14(16)7-3-2-4-8-14;/h5-6,9H,2-4,7-8,16H2,1H3,(H,17,18);1H. The number of benzene rings is 1. The molecule has 0 saturated heterocycles. The number of hydrogen-bond acceptors (Lipinski definition) is 2. The van der Waals surface area contributed by atoms with E-state index in [4.69, 9.17) is 5.73 Å². The number of carbonyl (C=O) groups is 1. The van der Waals surface area contributed by atoms with Crippen molar-refractivity contribution in [3.8, 4) is 0 Å². The summed E-state index contributed by atoms with van der Waals surface area (Å²) >= 11 is 3.46. The van der Waals surface area contributed by atoms with Gasteiger partial charge in [-0.15, -0.1) is 12.4 Å². The van der Waals surface area contributed by atoms with Gasteiger partial charge in [0.1, 0.15) is 0 Å². The van der Waals surface area contributed by atoms with E-state index in [1.807, 2.05) is 25.1 Å². The van der Waals surface area contributed by atoms with Crippen molar-refractivity contribution in [3.63, 3.8) is 0 Å². The number of nitrogens with two attached hydrogens (primary N) is 1. The van der Waals surface area contributed by atoms with Gasteiger partial charge in [-0.25, -0.2) is 0 Å². The third-order valence-electron chi connectivity index (χ3n) is 3.63. The molecule has 0 aliphatic heterocycles. The quantitative estimate of drug-likeness (QED) is 0.855. The highest BCUT2D eigenvalue weighted by Crippen LogP contribution is 2.28. The Morgan fingerprint density at radius 2 is 1.95 bits per heavy atom. The van der Waals surface area contributed by atoms with Crippen LogP contribution in [0.5, 0.6) is 0 Å². The second-order valence-electron chi connectivity index (χ2n) is 5.13. The molecule has 0 atom stereocenters. The van der Waals surface area contributed by atoms with E-state index in [0.717, 1.165) is 41.4 Å². The first-order valence-electron chi connectivity index (χ1n) is 6.38. The van der Waals surface area contributed by atoms with Gasteiger partial charge in [-0.1, -0.05) is 41.3 Å². The highest BCUT2D eigenvalue weighted by molar-refractivity contribution is 9.10. The summed E-state index contributed by atoms with van der Waals surface area (Å²) in [7, 11) is 0. The Bertz CT molecular complexity index is 459. The zero-order valence-electron chi connectivity index (χ0n) is 11.0. The molecule has 0 bridgehead atoms. The van der Waals surface area contributed by atoms with Crippen molar-refractivity contribution in [2.24, 2.45) is 5.73 Å². The highest BCUT2D eigenvalue weighted by Gasteiger charge is 2.35. The van der Waals surface area contributed by atoms with Crippen molar-refractivity contribution < 1.29 is 4.79 Å². The Kier molecular flexibility index (Phi) is 5.83. The van der Waals surface area contributed by atoms with Crippen LogP contribution in [0.4, 0.5) is 5.69 Å². The van der Waals surface area contributed by atoms with Crippen LogP contribution in [-0.2, 0) is 4.79 Å². The van der Waals surface area contributed by atoms with Crippen LogP contribution in [0.15, 0.2) is 22.7 Å². The topological polar surface area (TPSA) is 55.1 Å². The summed E-state index contributed by atoms with van der Waals surface area (Å²) in [4.78, 5) is 12.2. The summed E-state index contributed by atoms with van der Waals surface area (Å²) in [6, 6.07) is 5.80. The average Bonchev–Trinajstić information content (AvgIpc) is 2.35. The maximum Gasteiger partial charge on any atom is 0.244 e. The molecule has 2 rings (SSSR count). The third kappa shape index (κ3) is 3.94. The van der Waals surface area contributed by atoms with Gasteiger partial charge in [0, 0.05) is 10.2 Å². The maximum atomic E-state index is 12.2. The van der Waals surface area contributed by atoms with Gasteiger partial charge >= 0.3 is 0 Å². The zero-order chi connectivity index (χ0) is 13.2. The summed E-state index contributed by atoms with van der Waals surface area (Å²) in [5.41, 5.74) is 7.46. The van der Waals surface area contributed by atoms with Gasteiger partial charge in [0.25, 0.3) is 0 Å². The Morgan fingerprint density at radius 1 is 1.32 bits per heavy atom. The van der Waals surface area contributed by atoms with Gasteiger partial charge in [-0.05, 0) is 37.5 Å². The van der Waals surface area contributed by atoms with E-state index < -0.39 is 5.54 Å². The maximum absolute atomic E-state index is 12.2. The lowest BCUT2D eigenvalue weighted by molar-refractivity contribution is -0.122. The van der Waals surface area contributed by atoms with E-state index in [1.165, 1.54) is 6.42 Å². The van der Waals surface area contributed by atoms with Gasteiger partial charge in [0.2, 0.25) is 5.91 Å². The monoisotopic (exact) mass is 346 g/mol. The second kappa shape index (κ2) is 6.73. The van der Waals surface area contributed by atoms with E-state index in [-0.39, 0.29) is 18.3 Å². The lowest BCUT2D eigenvalue weighted by Gasteiger charge is -2.31. The van der Waals surface area contributed by atoms with Crippen molar-refractivity contribution in [2.75, 3.05) is 5.32 Å². The molecule has 0 heterocycles. The van der Waals surface area contributed by atoms with Crippen LogP contribution < -0.4 is 11.1 Å². The molecule has 106 valence electrons. The van der Waals surface area contributed by atoms with Crippen molar-refractivity contribution in [3.05, 3.63) is 28.2 Å². The first kappa shape index (κ1) is 16.5. The predicted molar refractivity (Wildman–Crippen MR) is 84.8 cm³/mol. The molecule has 0 aromatic heterocycles. The normalized spacial score (nSPS) is 17.4. The minimum atomic E-state index is -0.685. The summed E-state index contributed by atoms with van der Waals surface area (Å²) in [5.74, 6) is -0.0575. The van der Waals surface area contributed by atoms with E-state index >= 15 is 0 Å². The van der Waals surface area contributed by atoms with Gasteiger partial charge in [-0.3, -0.25) is 4.79 Å². The Labute approximate surface area is 128 Å². The predicted octanol–water partition coefficient (Wildman–Crippen LogP) is 3.78. The van der Waals surface area contributed by atoms with Gasteiger partial charge < -0.3 is 11.1 Å². The molecular weight excluding hydrogens is 328 g/mol. The fraction of sp³-hybridized carbons (Fsp3) is 0.500. The van der Waals surface area contributed by atoms with Crippen molar-refractivity contribution in [1.82, 2.24) is 0 Å². The number of halogens is 2. The van der Waals surface area contributed by atoms with Crippen molar-refractivity contribution in [2.45, 2.75) is 44.6 Å². The van der Waals surface area contributed by atoms with E-state index in [1.54, 1.807) is 0 Å². The zero-order valence-corrected chi connectivity index (χ0v) is 13.4. The number of nitrogens with one attached hydrogen (secondary N) is 1. The molecule has 1 fully saturated rings. The average molecular weight is 348 g/mol. The minimum Gasteiger partial charge on any atom is -0.324 e. The summed E-state index contributed by atoms with van der Waals surface area (Å²) in [5, 5.41) is 2.93. The molecule has 1 saturated carbocycles. The molecule has 0 spiro atoms. The molecule has 3 nitrogen and oxygen atoms in total. The van der Waals surface area contributed by atoms with Crippen molar-refractivity contribution >= 4 is 39.9 Å². The molecule has 3 N–H and O–H groups in total. The minimum absolute atomic E-state index is 0. The molecule has 1 aliphatic rings. The van der Waals surface area contributed by atoms with Crippen LogP contribution in [-0.4, -0.2) is 11.4 Å². The number of aryl methyl sites for hydroxylation is 1. The van der Waals surface area contributed by atoms with Gasteiger partial charge in [0.05, 0.1) is 5.54 Å². The largest absolute Gasteiger partial charge is 0.324 e. The van der Waals surface area contributed by atoms with Crippen LogP contribution in [0.1, 0.15) is 37.7 Å². The number of anilines is 1. The lowest BCUT2D eigenvalue weighted by atomic mass is 9.82. The molecule has 5 heteroatoms. The third-order valence-corrected chi connectivity index (χ3v) is 4.48. The van der Waals surface area contributed by atoms with Gasteiger partial charge in [-0.2, -0.15) is 0 Å². The fourth-order valence-electron chi connectivity index (χ4n) is 2.34. The highest BCUT2D eigenvalue weighted by atomic mass is 79.9. The number of carbonyl (C=O) groups excluding carboxylic acids is 1. The Morgan fingerprint density at radius 3 is 2.53 bits per heavy atom. The Balaban J connectivity index is 0.00000180. The van der Waals surface area contributed by atoms with Crippen LogP contribution >= 0.6 is 28.3 Å². The molecular formula is C14H20BrClN2O. The number of hydrogen-bond donors (Lipinski definition) is 2. The smallest absolute Gasteiger partial charge is 0.244 e. The summed E-state index contributed by atoms with van der Waals surface area (Å²) in [6.45, 7) is 2.02. The lowest BCUT2D eigenvalue weighted by Crippen LogP contribution is -2.52. The molecule has 19 heavy (non-hydrogen) atoms. The molecule has 0 radical (unpaired) electrons. The summed E-state index contributed by atoms with van der Waals surface area (Å²) in [6.07, 6.45) is 4.84. The first-order valence-corrected chi connectivity index (χ1v) is 7.17. The first-order chi connectivity index (χ1) is 8.51. The van der Waals surface area contributed by atoms with E-state index in [9.17, 15) is 4.79 Å². The van der Waals surface area contributed by atoms with Crippen LogP contribution in [0, 0.1) is 6.92 Å². The molecule has 1 aromatic carbocycles. The fourth-order valence-corrected chi connectivity index (χ4v) is 2.71. The van der Waals surface area contributed by atoms with Crippen LogP contribution in [0.3, 0.4) is 0 Å². The summed E-state index contributed by atoms with van der Waals surface area (Å²) < 4.78 is 0.995. The number of rotatable bonds is 2. The van der Waals surface area contributed by atoms with Crippen LogP contribution in [0.2, 0.25) is 0 Å². The Hall–Kier alpha value is -0.580. The van der Waals surface area contributed by atoms with Gasteiger partial charge in [0.15, 0.2) is 0 Å². The SMILES string of the molecule is Cc1ccc(NC(=O)C2(N)CCCCC2)cc1Br.Cl. The van der Waals surface area contributed by atoms with E-state index in [0.29, 0.717) is 0 Å². The second-order valence-corrected chi connectivity index (χ2v) is 5.99. The molecule has 0 unspecified atom stereocenters. The van der Waals surface area contributed by atoms with Crippen molar-refractivity contribution in [1.29, 1.82) is 0 Å².